The highest BCUT2D eigenvalue weighted by molar-refractivity contribution is 6.05. The summed E-state index contributed by atoms with van der Waals surface area (Å²) < 4.78 is 11.0. The topological polar surface area (TPSA) is 38.8 Å². The maximum Gasteiger partial charge on any atom is 0.258 e. The molecule has 0 spiro atoms. The largest absolute Gasteiger partial charge is 0.486 e. The maximum atomic E-state index is 12.5. The minimum atomic E-state index is -0.0459. The monoisotopic (exact) mass is 283 g/mol. The Hall–Kier alpha value is -2.49. The summed E-state index contributed by atoms with van der Waals surface area (Å²) in [4.78, 5) is 14.1. The molecule has 0 atom stereocenters. The normalized spacial score (nSPS) is 12.9. The summed E-state index contributed by atoms with van der Waals surface area (Å²) in [6.07, 6.45) is 0. The summed E-state index contributed by atoms with van der Waals surface area (Å²) in [5, 5.41) is 0. The molecule has 1 aliphatic rings. The van der Waals surface area contributed by atoms with Gasteiger partial charge in [-0.05, 0) is 31.2 Å². The first-order valence-electron chi connectivity index (χ1n) is 6.89. The second kappa shape index (κ2) is 5.48. The third-order valence-electron chi connectivity index (χ3n) is 3.48. The fraction of sp³-hybridized carbons (Fsp3) is 0.235. The zero-order valence-electron chi connectivity index (χ0n) is 12.1. The molecule has 4 nitrogen and oxygen atoms in total. The number of ether oxygens (including phenoxy) is 2. The average Bonchev–Trinajstić information content (AvgIpc) is 2.53. The van der Waals surface area contributed by atoms with Gasteiger partial charge >= 0.3 is 0 Å². The number of carbonyl (C=O) groups excluding carboxylic acids is 1. The molecule has 0 radical (unpaired) electrons. The number of benzene rings is 2. The number of amides is 1. The number of anilines is 1. The standard InChI is InChI=1S/C17H17NO3/c1-12-4-3-5-13(10-12)17(19)18(2)14-6-7-15-16(11-14)21-9-8-20-15/h3-7,10-11H,8-9H2,1-2H3. The third kappa shape index (κ3) is 2.70. The van der Waals surface area contributed by atoms with Crippen molar-refractivity contribution in [2.24, 2.45) is 0 Å². The van der Waals surface area contributed by atoms with Crippen LogP contribution in [0.3, 0.4) is 0 Å². The van der Waals surface area contributed by atoms with Crippen LogP contribution in [0.2, 0.25) is 0 Å². The zero-order chi connectivity index (χ0) is 14.8. The summed E-state index contributed by atoms with van der Waals surface area (Å²) in [6.45, 7) is 3.07. The van der Waals surface area contributed by atoms with Gasteiger partial charge in [0, 0.05) is 24.4 Å². The number of carbonyl (C=O) groups is 1. The van der Waals surface area contributed by atoms with Crippen molar-refractivity contribution in [1.82, 2.24) is 0 Å². The van der Waals surface area contributed by atoms with Crippen molar-refractivity contribution in [2.75, 3.05) is 25.2 Å². The van der Waals surface area contributed by atoms with Gasteiger partial charge in [0.1, 0.15) is 13.2 Å². The van der Waals surface area contributed by atoms with Crippen LogP contribution < -0.4 is 14.4 Å². The van der Waals surface area contributed by atoms with E-state index in [9.17, 15) is 4.79 Å². The molecule has 108 valence electrons. The number of hydrogen-bond acceptors (Lipinski definition) is 3. The van der Waals surface area contributed by atoms with Crippen molar-refractivity contribution in [3.63, 3.8) is 0 Å². The number of nitrogens with zero attached hydrogens (tertiary/aromatic N) is 1. The van der Waals surface area contributed by atoms with Gasteiger partial charge in [-0.1, -0.05) is 17.7 Å². The summed E-state index contributed by atoms with van der Waals surface area (Å²) >= 11 is 0. The molecule has 0 aromatic heterocycles. The maximum absolute atomic E-state index is 12.5. The predicted molar refractivity (Wildman–Crippen MR) is 81.3 cm³/mol. The van der Waals surface area contributed by atoms with E-state index in [1.165, 1.54) is 0 Å². The highest BCUT2D eigenvalue weighted by Gasteiger charge is 2.17. The van der Waals surface area contributed by atoms with E-state index in [4.69, 9.17) is 9.47 Å². The zero-order valence-corrected chi connectivity index (χ0v) is 12.1. The van der Waals surface area contributed by atoms with Gasteiger partial charge in [0.15, 0.2) is 11.5 Å². The Morgan fingerprint density at radius 2 is 1.81 bits per heavy atom. The lowest BCUT2D eigenvalue weighted by Crippen LogP contribution is -2.26. The Kier molecular flexibility index (Phi) is 3.52. The highest BCUT2D eigenvalue weighted by Crippen LogP contribution is 2.34. The molecule has 1 aliphatic heterocycles. The van der Waals surface area contributed by atoms with Crippen molar-refractivity contribution in [1.29, 1.82) is 0 Å². The molecule has 2 aromatic rings. The van der Waals surface area contributed by atoms with Crippen LogP contribution in [0.5, 0.6) is 11.5 Å². The molecule has 0 saturated carbocycles. The van der Waals surface area contributed by atoms with Crippen LogP contribution in [-0.2, 0) is 0 Å². The van der Waals surface area contributed by atoms with Crippen LogP contribution in [0.25, 0.3) is 0 Å². The van der Waals surface area contributed by atoms with Gasteiger partial charge < -0.3 is 14.4 Å². The van der Waals surface area contributed by atoms with E-state index in [1.54, 1.807) is 11.9 Å². The molecule has 0 N–H and O–H groups in total. The van der Waals surface area contributed by atoms with Gasteiger partial charge in [0.25, 0.3) is 5.91 Å². The molecule has 0 fully saturated rings. The number of hydrogen-bond donors (Lipinski definition) is 0. The SMILES string of the molecule is Cc1cccc(C(=O)N(C)c2ccc3c(c2)OCCO3)c1. The van der Waals surface area contributed by atoms with Crippen molar-refractivity contribution < 1.29 is 14.3 Å². The first-order valence-corrected chi connectivity index (χ1v) is 6.89. The third-order valence-corrected chi connectivity index (χ3v) is 3.48. The quantitative estimate of drug-likeness (QED) is 0.850. The van der Waals surface area contributed by atoms with Gasteiger partial charge in [0.2, 0.25) is 0 Å². The second-order valence-electron chi connectivity index (χ2n) is 5.06. The Labute approximate surface area is 123 Å². The van der Waals surface area contributed by atoms with E-state index >= 15 is 0 Å². The number of aryl methyl sites for hydroxylation is 1. The Morgan fingerprint density at radius 3 is 2.57 bits per heavy atom. The smallest absolute Gasteiger partial charge is 0.258 e. The fourth-order valence-electron chi connectivity index (χ4n) is 2.33. The van der Waals surface area contributed by atoms with Gasteiger partial charge in [-0.3, -0.25) is 4.79 Å². The molecule has 3 rings (SSSR count). The fourth-order valence-corrected chi connectivity index (χ4v) is 2.33. The van der Waals surface area contributed by atoms with E-state index in [2.05, 4.69) is 0 Å². The van der Waals surface area contributed by atoms with E-state index in [0.29, 0.717) is 24.5 Å². The van der Waals surface area contributed by atoms with Gasteiger partial charge in [-0.2, -0.15) is 0 Å². The molecule has 0 aliphatic carbocycles. The van der Waals surface area contributed by atoms with Gasteiger partial charge in [-0.25, -0.2) is 0 Å². The molecule has 1 heterocycles. The van der Waals surface area contributed by atoms with Crippen LogP contribution in [0.1, 0.15) is 15.9 Å². The molecular weight excluding hydrogens is 266 g/mol. The van der Waals surface area contributed by atoms with Crippen molar-refractivity contribution in [2.45, 2.75) is 6.92 Å². The van der Waals surface area contributed by atoms with Crippen molar-refractivity contribution in [3.8, 4) is 11.5 Å². The van der Waals surface area contributed by atoms with E-state index in [-0.39, 0.29) is 5.91 Å². The van der Waals surface area contributed by atoms with Crippen LogP contribution in [0.15, 0.2) is 42.5 Å². The number of rotatable bonds is 2. The van der Waals surface area contributed by atoms with Crippen LogP contribution in [0, 0.1) is 6.92 Å². The summed E-state index contributed by atoms with van der Waals surface area (Å²) in [5.74, 6) is 1.36. The Balaban J connectivity index is 1.87. The Morgan fingerprint density at radius 1 is 1.05 bits per heavy atom. The minimum Gasteiger partial charge on any atom is -0.486 e. The second-order valence-corrected chi connectivity index (χ2v) is 5.06. The summed E-state index contributed by atoms with van der Waals surface area (Å²) in [7, 11) is 1.76. The molecule has 0 bridgehead atoms. The van der Waals surface area contributed by atoms with E-state index in [0.717, 1.165) is 17.0 Å². The molecular formula is C17H17NO3. The average molecular weight is 283 g/mol. The van der Waals surface area contributed by atoms with Crippen LogP contribution in [-0.4, -0.2) is 26.2 Å². The molecule has 4 heteroatoms. The van der Waals surface area contributed by atoms with E-state index in [1.807, 2.05) is 49.4 Å². The molecule has 21 heavy (non-hydrogen) atoms. The van der Waals surface area contributed by atoms with Crippen molar-refractivity contribution >= 4 is 11.6 Å². The summed E-state index contributed by atoms with van der Waals surface area (Å²) in [6, 6.07) is 13.1. The molecule has 2 aromatic carbocycles. The first kappa shape index (κ1) is 13.5. The highest BCUT2D eigenvalue weighted by atomic mass is 16.6. The lowest BCUT2D eigenvalue weighted by atomic mass is 10.1. The lowest BCUT2D eigenvalue weighted by Gasteiger charge is -2.22. The Bertz CT molecular complexity index is 681. The van der Waals surface area contributed by atoms with Crippen LogP contribution >= 0.6 is 0 Å². The number of fused-ring (bicyclic) bond motifs is 1. The van der Waals surface area contributed by atoms with Crippen molar-refractivity contribution in [3.05, 3.63) is 53.6 Å². The molecule has 1 amide bonds. The van der Waals surface area contributed by atoms with Gasteiger partial charge in [-0.15, -0.1) is 0 Å². The minimum absolute atomic E-state index is 0.0459. The van der Waals surface area contributed by atoms with Crippen LogP contribution in [0.4, 0.5) is 5.69 Å². The van der Waals surface area contributed by atoms with E-state index < -0.39 is 0 Å². The predicted octanol–water partition coefficient (Wildman–Crippen LogP) is 3.04. The summed E-state index contributed by atoms with van der Waals surface area (Å²) in [5.41, 5.74) is 2.52. The molecule has 0 saturated heterocycles. The first-order chi connectivity index (χ1) is 10.1. The van der Waals surface area contributed by atoms with Gasteiger partial charge in [0.05, 0.1) is 0 Å². The lowest BCUT2D eigenvalue weighted by molar-refractivity contribution is 0.0992. The molecule has 0 unspecified atom stereocenters.